The second-order valence-electron chi connectivity index (χ2n) is 10.3. The first-order valence-electron chi connectivity index (χ1n) is 12.0. The van der Waals surface area contributed by atoms with Crippen LogP contribution in [0, 0.1) is 17.7 Å². The van der Waals surface area contributed by atoms with E-state index in [4.69, 9.17) is 4.74 Å². The molecule has 4 fully saturated rings. The summed E-state index contributed by atoms with van der Waals surface area (Å²) in [5, 5.41) is 9.72. The van der Waals surface area contributed by atoms with Crippen molar-refractivity contribution in [3.8, 4) is 0 Å². The molecule has 2 amide bonds. The summed E-state index contributed by atoms with van der Waals surface area (Å²) in [6.07, 6.45) is 5.45. The highest BCUT2D eigenvalue weighted by Gasteiger charge is 2.58. The molecule has 34 heavy (non-hydrogen) atoms. The van der Waals surface area contributed by atoms with Gasteiger partial charge in [0.2, 0.25) is 0 Å². The first kappa shape index (κ1) is 22.8. The molecule has 4 bridgehead atoms. The number of halogens is 1. The number of amides is 2. The van der Waals surface area contributed by atoms with E-state index in [9.17, 15) is 14.0 Å². The summed E-state index contributed by atoms with van der Waals surface area (Å²) < 4.78 is 18.7. The zero-order chi connectivity index (χ0) is 23.8. The van der Waals surface area contributed by atoms with Crippen LogP contribution in [-0.2, 0) is 4.74 Å². The van der Waals surface area contributed by atoms with Gasteiger partial charge in [-0.05, 0) is 80.7 Å². The van der Waals surface area contributed by atoms with Gasteiger partial charge in [0, 0.05) is 30.3 Å². The fourth-order valence-corrected chi connectivity index (χ4v) is 6.74. The standard InChI is InChI=1S/C26H31FN4O3/c1-34-9-8-28-22-7-3-6-21(29-22)24(33)31-26-14-17-10-18(15-26)13-25(12-17,16-26)30-23(32)19-4-2-5-20(27)11-19/h2-7,11,17-18H,8-10,12-16H2,1H3,(H,28,29)(H,30,32)(H,31,33). The van der Waals surface area contributed by atoms with Crippen molar-refractivity contribution in [3.05, 3.63) is 59.5 Å². The number of benzene rings is 1. The molecular formula is C26H31FN4O3. The third-order valence-corrected chi connectivity index (χ3v) is 7.50. The van der Waals surface area contributed by atoms with Crippen molar-refractivity contribution in [3.63, 3.8) is 0 Å². The number of methoxy groups -OCH3 is 1. The van der Waals surface area contributed by atoms with Gasteiger partial charge in [-0.15, -0.1) is 0 Å². The molecule has 2 aromatic rings. The van der Waals surface area contributed by atoms with E-state index in [1.165, 1.54) is 12.1 Å². The number of hydrogen-bond acceptors (Lipinski definition) is 5. The van der Waals surface area contributed by atoms with E-state index in [2.05, 4.69) is 20.9 Å². The Balaban J connectivity index is 1.31. The van der Waals surface area contributed by atoms with E-state index < -0.39 is 5.82 Å². The first-order valence-corrected chi connectivity index (χ1v) is 12.0. The fourth-order valence-electron chi connectivity index (χ4n) is 6.74. The van der Waals surface area contributed by atoms with Crippen LogP contribution in [-0.4, -0.2) is 48.1 Å². The minimum absolute atomic E-state index is 0.191. The lowest BCUT2D eigenvalue weighted by atomic mass is 9.49. The first-order chi connectivity index (χ1) is 16.4. The summed E-state index contributed by atoms with van der Waals surface area (Å²) in [4.78, 5) is 30.7. The molecule has 4 aliphatic rings. The Hall–Kier alpha value is -3.00. The molecule has 2 unspecified atom stereocenters. The molecule has 2 atom stereocenters. The van der Waals surface area contributed by atoms with Crippen molar-refractivity contribution < 1.29 is 18.7 Å². The second-order valence-corrected chi connectivity index (χ2v) is 10.3. The van der Waals surface area contributed by atoms with Gasteiger partial charge in [0.25, 0.3) is 11.8 Å². The van der Waals surface area contributed by atoms with E-state index >= 15 is 0 Å². The van der Waals surface area contributed by atoms with Crippen molar-refractivity contribution in [2.75, 3.05) is 25.6 Å². The number of carbonyl (C=O) groups excluding carboxylic acids is 2. The lowest BCUT2D eigenvalue weighted by molar-refractivity contribution is -0.0448. The van der Waals surface area contributed by atoms with Gasteiger partial charge in [0.05, 0.1) is 6.61 Å². The molecule has 6 rings (SSSR count). The largest absolute Gasteiger partial charge is 0.383 e. The molecule has 1 heterocycles. The fraction of sp³-hybridized carbons (Fsp3) is 0.500. The van der Waals surface area contributed by atoms with E-state index in [0.717, 1.165) is 32.1 Å². The maximum atomic E-state index is 13.7. The van der Waals surface area contributed by atoms with Crippen LogP contribution in [0.25, 0.3) is 0 Å². The Morgan fingerprint density at radius 2 is 1.71 bits per heavy atom. The normalized spacial score (nSPS) is 29.0. The van der Waals surface area contributed by atoms with Crippen LogP contribution in [0.4, 0.5) is 10.2 Å². The summed E-state index contributed by atoms with van der Waals surface area (Å²) >= 11 is 0. The smallest absolute Gasteiger partial charge is 0.270 e. The topological polar surface area (TPSA) is 92.4 Å². The lowest BCUT2D eigenvalue weighted by Gasteiger charge is -2.62. The number of aromatic nitrogens is 1. The number of hydrogen-bond donors (Lipinski definition) is 3. The van der Waals surface area contributed by atoms with Crippen molar-refractivity contribution in [2.45, 2.75) is 49.6 Å². The third kappa shape index (κ3) is 4.64. The van der Waals surface area contributed by atoms with Crippen LogP contribution in [0.15, 0.2) is 42.5 Å². The Morgan fingerprint density at radius 1 is 1.03 bits per heavy atom. The predicted octanol–water partition coefficient (Wildman–Crippen LogP) is 3.53. The van der Waals surface area contributed by atoms with Gasteiger partial charge >= 0.3 is 0 Å². The molecule has 0 aliphatic heterocycles. The monoisotopic (exact) mass is 466 g/mol. The average Bonchev–Trinajstić information content (AvgIpc) is 2.78. The zero-order valence-electron chi connectivity index (χ0n) is 19.4. The van der Waals surface area contributed by atoms with Crippen LogP contribution < -0.4 is 16.0 Å². The molecule has 180 valence electrons. The lowest BCUT2D eigenvalue weighted by Crippen LogP contribution is -2.69. The van der Waals surface area contributed by atoms with E-state index in [-0.39, 0.29) is 22.9 Å². The maximum Gasteiger partial charge on any atom is 0.270 e. The summed E-state index contributed by atoms with van der Waals surface area (Å²) in [7, 11) is 1.64. The number of pyridine rings is 1. The van der Waals surface area contributed by atoms with Gasteiger partial charge < -0.3 is 20.7 Å². The van der Waals surface area contributed by atoms with Crippen LogP contribution in [0.1, 0.15) is 59.4 Å². The highest BCUT2D eigenvalue weighted by Crippen LogP contribution is 2.57. The predicted molar refractivity (Wildman–Crippen MR) is 126 cm³/mol. The van der Waals surface area contributed by atoms with Crippen LogP contribution in [0.3, 0.4) is 0 Å². The van der Waals surface area contributed by atoms with E-state index in [1.54, 1.807) is 25.3 Å². The Morgan fingerprint density at radius 3 is 2.38 bits per heavy atom. The summed E-state index contributed by atoms with van der Waals surface area (Å²) in [5.74, 6) is 0.666. The molecule has 3 N–H and O–H groups in total. The Labute approximate surface area is 198 Å². The highest BCUT2D eigenvalue weighted by atomic mass is 19.1. The minimum Gasteiger partial charge on any atom is -0.383 e. The summed E-state index contributed by atoms with van der Waals surface area (Å²) in [5.41, 5.74) is -0.0400. The summed E-state index contributed by atoms with van der Waals surface area (Å²) in [6.45, 7) is 1.16. The molecule has 4 saturated carbocycles. The highest BCUT2D eigenvalue weighted by molar-refractivity contribution is 5.95. The number of ether oxygens (including phenoxy) is 1. The molecule has 1 aromatic carbocycles. The molecule has 0 saturated heterocycles. The van der Waals surface area contributed by atoms with Gasteiger partial charge in [-0.25, -0.2) is 9.37 Å². The van der Waals surface area contributed by atoms with Crippen molar-refractivity contribution >= 4 is 17.6 Å². The molecule has 0 spiro atoms. The quantitative estimate of drug-likeness (QED) is 0.518. The zero-order valence-corrected chi connectivity index (χ0v) is 19.4. The van der Waals surface area contributed by atoms with Crippen LogP contribution in [0.5, 0.6) is 0 Å². The SMILES string of the molecule is COCCNc1cccc(C(=O)NC23CC4CC(CC(NC(=O)c5cccc(F)c5)(C4)C2)C3)n1. The summed E-state index contributed by atoms with van der Waals surface area (Å²) in [6, 6.07) is 11.2. The van der Waals surface area contributed by atoms with Crippen LogP contribution in [0.2, 0.25) is 0 Å². The number of rotatable bonds is 8. The average molecular weight is 467 g/mol. The van der Waals surface area contributed by atoms with Crippen molar-refractivity contribution in [2.24, 2.45) is 11.8 Å². The van der Waals surface area contributed by atoms with E-state index in [0.29, 0.717) is 48.5 Å². The van der Waals surface area contributed by atoms with Gasteiger partial charge in [-0.3, -0.25) is 9.59 Å². The minimum atomic E-state index is -0.423. The molecule has 1 aromatic heterocycles. The van der Waals surface area contributed by atoms with Gasteiger partial charge in [-0.2, -0.15) is 0 Å². The van der Waals surface area contributed by atoms with E-state index in [1.807, 2.05) is 12.1 Å². The number of carbonyl (C=O) groups is 2. The molecule has 8 heteroatoms. The van der Waals surface area contributed by atoms with Gasteiger partial charge in [0.15, 0.2) is 0 Å². The van der Waals surface area contributed by atoms with Crippen molar-refractivity contribution in [1.29, 1.82) is 0 Å². The number of nitrogens with one attached hydrogen (secondary N) is 3. The third-order valence-electron chi connectivity index (χ3n) is 7.50. The number of anilines is 1. The molecule has 7 nitrogen and oxygen atoms in total. The van der Waals surface area contributed by atoms with Crippen LogP contribution >= 0.6 is 0 Å². The Bertz CT molecular complexity index is 1080. The molecule has 4 aliphatic carbocycles. The van der Waals surface area contributed by atoms with Crippen molar-refractivity contribution in [1.82, 2.24) is 15.6 Å². The number of nitrogens with zero attached hydrogens (tertiary/aromatic N) is 1. The van der Waals surface area contributed by atoms with Gasteiger partial charge in [0.1, 0.15) is 17.3 Å². The molecular weight excluding hydrogens is 435 g/mol. The molecule has 0 radical (unpaired) electrons. The second kappa shape index (κ2) is 8.98. The maximum absolute atomic E-state index is 13.7. The Kier molecular flexibility index (Phi) is 6.02. The van der Waals surface area contributed by atoms with Gasteiger partial charge in [-0.1, -0.05) is 12.1 Å².